The Kier molecular flexibility index (Phi) is 12.3. The average molecular weight is 393 g/mol. The van der Waals surface area contributed by atoms with E-state index in [9.17, 15) is 9.59 Å². The number of hydrogen-bond acceptors (Lipinski definition) is 5. The fourth-order valence-corrected chi connectivity index (χ4v) is 4.31. The minimum Gasteiger partial charge on any atom is -0.304 e. The molecular formula is C22H36N2O2S. The molecule has 1 atom stereocenters. The summed E-state index contributed by atoms with van der Waals surface area (Å²) >= 11 is 1.83. The van der Waals surface area contributed by atoms with Crippen LogP contribution in [0.2, 0.25) is 0 Å². The lowest BCUT2D eigenvalue weighted by Gasteiger charge is -2.25. The summed E-state index contributed by atoms with van der Waals surface area (Å²) in [7, 11) is 1.97. The molecule has 0 amide bonds. The lowest BCUT2D eigenvalue weighted by molar-refractivity contribution is -0.112. The molecule has 0 saturated heterocycles. The molecule has 0 aromatic heterocycles. The first-order chi connectivity index (χ1) is 13.1. The van der Waals surface area contributed by atoms with Gasteiger partial charge in [-0.25, -0.2) is 0 Å². The maximum absolute atomic E-state index is 11.5. The molecule has 1 unspecified atom stereocenters. The van der Waals surface area contributed by atoms with Crippen LogP contribution in [0.25, 0.3) is 0 Å². The van der Waals surface area contributed by atoms with Gasteiger partial charge in [-0.2, -0.15) is 0 Å². The highest BCUT2D eigenvalue weighted by molar-refractivity contribution is 7.99. The van der Waals surface area contributed by atoms with E-state index in [2.05, 4.69) is 36.6 Å². The molecule has 1 aromatic carbocycles. The number of benzene rings is 1. The van der Waals surface area contributed by atoms with Crippen molar-refractivity contribution in [2.75, 3.05) is 32.4 Å². The maximum Gasteiger partial charge on any atom is 0.150 e. The van der Waals surface area contributed by atoms with Gasteiger partial charge >= 0.3 is 0 Å². The molecule has 0 saturated carbocycles. The minimum absolute atomic E-state index is 0.0957. The first-order valence-electron chi connectivity index (χ1n) is 10.2. The Balaban J connectivity index is 2.72. The summed E-state index contributed by atoms with van der Waals surface area (Å²) in [4.78, 5) is 28.6. The summed E-state index contributed by atoms with van der Waals surface area (Å²) in [5.74, 6) is 1.05. The molecule has 0 spiro atoms. The van der Waals surface area contributed by atoms with E-state index >= 15 is 0 Å². The molecule has 0 heterocycles. The maximum atomic E-state index is 11.5. The van der Waals surface area contributed by atoms with Crippen LogP contribution in [0.4, 0.5) is 0 Å². The summed E-state index contributed by atoms with van der Waals surface area (Å²) in [5.41, 5.74) is 1.78. The second-order valence-electron chi connectivity index (χ2n) is 6.93. The molecule has 5 heteroatoms. The number of unbranched alkanes of at least 4 members (excludes halogenated alkanes) is 1. The predicted octanol–water partition coefficient (Wildman–Crippen LogP) is 4.51. The van der Waals surface area contributed by atoms with E-state index in [0.717, 1.165) is 73.2 Å². The van der Waals surface area contributed by atoms with Crippen LogP contribution in [-0.2, 0) is 11.3 Å². The quantitative estimate of drug-likeness (QED) is 0.249. The van der Waals surface area contributed by atoms with Crippen LogP contribution in [0.3, 0.4) is 0 Å². The molecule has 0 aliphatic heterocycles. The van der Waals surface area contributed by atoms with Gasteiger partial charge in [0, 0.05) is 17.0 Å². The number of hydrogen-bond donors (Lipinski definition) is 0. The summed E-state index contributed by atoms with van der Waals surface area (Å²) < 4.78 is 0. The molecule has 1 aromatic rings. The second-order valence-corrected chi connectivity index (χ2v) is 8.07. The average Bonchev–Trinajstić information content (AvgIpc) is 2.69. The predicted molar refractivity (Wildman–Crippen MR) is 116 cm³/mol. The van der Waals surface area contributed by atoms with Crippen LogP contribution in [-0.4, -0.2) is 60.8 Å². The van der Waals surface area contributed by atoms with Gasteiger partial charge in [-0.15, -0.1) is 11.8 Å². The number of aldehydes is 2. The van der Waals surface area contributed by atoms with Gasteiger partial charge in [0.2, 0.25) is 0 Å². The van der Waals surface area contributed by atoms with Crippen LogP contribution in [0, 0.1) is 0 Å². The Labute approximate surface area is 169 Å². The number of likely N-dealkylation sites (N-methyl/N-ethyl adjacent to an activating group) is 1. The lowest BCUT2D eigenvalue weighted by Crippen LogP contribution is -2.32. The zero-order valence-corrected chi connectivity index (χ0v) is 18.3. The molecule has 0 aliphatic rings. The van der Waals surface area contributed by atoms with E-state index in [1.54, 1.807) is 0 Å². The third-order valence-corrected chi connectivity index (χ3v) is 6.22. The molecule has 1 rings (SSSR count). The molecular weight excluding hydrogens is 356 g/mol. The van der Waals surface area contributed by atoms with E-state index in [4.69, 9.17) is 0 Å². The Morgan fingerprint density at radius 1 is 1.11 bits per heavy atom. The van der Waals surface area contributed by atoms with Crippen LogP contribution in [0.15, 0.2) is 23.1 Å². The largest absolute Gasteiger partial charge is 0.304 e. The Morgan fingerprint density at radius 3 is 2.44 bits per heavy atom. The van der Waals surface area contributed by atoms with E-state index in [-0.39, 0.29) is 6.04 Å². The minimum atomic E-state index is -0.0957. The Morgan fingerprint density at radius 2 is 1.85 bits per heavy atom. The number of rotatable bonds is 15. The van der Waals surface area contributed by atoms with Crippen LogP contribution >= 0.6 is 11.8 Å². The molecule has 0 radical (unpaired) electrons. The Hall–Kier alpha value is -1.17. The van der Waals surface area contributed by atoms with Crippen molar-refractivity contribution >= 4 is 24.3 Å². The lowest BCUT2D eigenvalue weighted by atomic mass is 10.1. The van der Waals surface area contributed by atoms with Gasteiger partial charge in [-0.05, 0) is 63.3 Å². The van der Waals surface area contributed by atoms with E-state index in [1.165, 1.54) is 6.42 Å². The molecule has 0 N–H and O–H groups in total. The van der Waals surface area contributed by atoms with Gasteiger partial charge in [-0.3, -0.25) is 9.69 Å². The number of carbonyl (C=O) groups excluding carboxylic acids is 2. The van der Waals surface area contributed by atoms with E-state index < -0.39 is 0 Å². The van der Waals surface area contributed by atoms with Crippen molar-refractivity contribution in [3.05, 3.63) is 29.3 Å². The van der Waals surface area contributed by atoms with E-state index in [0.29, 0.717) is 6.54 Å². The van der Waals surface area contributed by atoms with Crippen molar-refractivity contribution in [3.8, 4) is 0 Å². The highest BCUT2D eigenvalue weighted by Crippen LogP contribution is 2.27. The topological polar surface area (TPSA) is 40.6 Å². The zero-order chi connectivity index (χ0) is 20.1. The second kappa shape index (κ2) is 13.9. The first kappa shape index (κ1) is 23.9. The molecule has 0 bridgehead atoms. The van der Waals surface area contributed by atoms with Gasteiger partial charge in [0.1, 0.15) is 12.6 Å². The smallest absolute Gasteiger partial charge is 0.150 e. The monoisotopic (exact) mass is 392 g/mol. The number of nitrogens with zero attached hydrogens (tertiary/aromatic N) is 2. The first-order valence-corrected chi connectivity index (χ1v) is 11.2. The fraction of sp³-hybridized carbons (Fsp3) is 0.636. The van der Waals surface area contributed by atoms with Gasteiger partial charge in [-0.1, -0.05) is 39.3 Å². The molecule has 4 nitrogen and oxygen atoms in total. The highest BCUT2D eigenvalue weighted by atomic mass is 32.2. The van der Waals surface area contributed by atoms with Crippen molar-refractivity contribution in [2.24, 2.45) is 0 Å². The highest BCUT2D eigenvalue weighted by Gasteiger charge is 2.17. The summed E-state index contributed by atoms with van der Waals surface area (Å²) in [6.07, 6.45) is 6.13. The van der Waals surface area contributed by atoms with Crippen molar-refractivity contribution in [2.45, 2.75) is 63.9 Å². The Bertz CT molecular complexity index is 561. The van der Waals surface area contributed by atoms with Crippen LogP contribution < -0.4 is 0 Å². The van der Waals surface area contributed by atoms with Gasteiger partial charge in [0.05, 0.1) is 6.04 Å². The van der Waals surface area contributed by atoms with E-state index in [1.807, 2.05) is 30.9 Å². The molecule has 152 valence electrons. The molecule has 27 heavy (non-hydrogen) atoms. The van der Waals surface area contributed by atoms with Gasteiger partial charge < -0.3 is 9.69 Å². The molecule has 0 fully saturated rings. The van der Waals surface area contributed by atoms with Crippen LogP contribution in [0.1, 0.15) is 62.4 Å². The van der Waals surface area contributed by atoms with Crippen molar-refractivity contribution in [3.63, 3.8) is 0 Å². The fourth-order valence-electron chi connectivity index (χ4n) is 3.21. The van der Waals surface area contributed by atoms with Gasteiger partial charge in [0.15, 0.2) is 0 Å². The SMILES string of the molecule is CCCC(C=O)N(C)Cc1c(C=O)cccc1SCCCCN(CC)CC. The summed E-state index contributed by atoms with van der Waals surface area (Å²) in [5, 5.41) is 0. The number of thioether (sulfide) groups is 1. The van der Waals surface area contributed by atoms with Crippen LogP contribution in [0.5, 0.6) is 0 Å². The van der Waals surface area contributed by atoms with Crippen molar-refractivity contribution < 1.29 is 9.59 Å². The standard InChI is InChI=1S/C22H36N2O2S/c1-5-11-20(18-26)23(4)16-21-19(17-25)12-10-13-22(21)27-15-9-8-14-24(6-2)7-3/h10,12-13,17-18,20H,5-9,11,14-16H2,1-4H3. The third kappa shape index (κ3) is 8.16. The summed E-state index contributed by atoms with van der Waals surface area (Å²) in [6, 6.07) is 5.83. The normalized spacial score (nSPS) is 12.5. The summed E-state index contributed by atoms with van der Waals surface area (Å²) in [6.45, 7) is 10.5. The third-order valence-electron chi connectivity index (χ3n) is 5.03. The number of carbonyl (C=O) groups is 2. The van der Waals surface area contributed by atoms with Crippen molar-refractivity contribution in [1.82, 2.24) is 9.80 Å². The van der Waals surface area contributed by atoms with Crippen molar-refractivity contribution in [1.29, 1.82) is 0 Å². The molecule has 0 aliphatic carbocycles. The zero-order valence-electron chi connectivity index (χ0n) is 17.4. The van der Waals surface area contributed by atoms with Gasteiger partial charge in [0.25, 0.3) is 0 Å².